The minimum atomic E-state index is -0.345. The lowest BCUT2D eigenvalue weighted by Gasteiger charge is -2.34. The zero-order chi connectivity index (χ0) is 18.7. The van der Waals surface area contributed by atoms with E-state index in [-0.39, 0.29) is 36.4 Å². The summed E-state index contributed by atoms with van der Waals surface area (Å²) in [5, 5.41) is 14.1. The summed E-state index contributed by atoms with van der Waals surface area (Å²) in [6, 6.07) is 17.1. The fraction of sp³-hybridized carbons (Fsp3) is 0.238. The SMILES string of the molecule is CC(C)(NCc1ccc(C#N)cc1)C(N)c1ccnc2cc(Cl)ccc12.Cl.Cl. The summed E-state index contributed by atoms with van der Waals surface area (Å²) in [6.07, 6.45) is 1.77. The molecule has 148 valence electrons. The molecule has 0 radical (unpaired) electrons. The summed E-state index contributed by atoms with van der Waals surface area (Å²) >= 11 is 6.08. The Labute approximate surface area is 182 Å². The lowest BCUT2D eigenvalue weighted by atomic mass is 9.87. The number of nitrogens with zero attached hydrogens (tertiary/aromatic N) is 2. The molecule has 0 amide bonds. The summed E-state index contributed by atoms with van der Waals surface area (Å²) in [5.41, 5.74) is 9.91. The number of hydrogen-bond donors (Lipinski definition) is 2. The third-order valence-electron chi connectivity index (χ3n) is 4.68. The average molecular weight is 438 g/mol. The molecule has 0 aliphatic carbocycles. The molecule has 3 aromatic rings. The van der Waals surface area contributed by atoms with Gasteiger partial charge in [0.2, 0.25) is 0 Å². The van der Waals surface area contributed by atoms with Crippen molar-refractivity contribution in [3.63, 3.8) is 0 Å². The number of nitrogens with two attached hydrogens (primary N) is 1. The average Bonchev–Trinajstić information content (AvgIpc) is 2.65. The van der Waals surface area contributed by atoms with Crippen LogP contribution < -0.4 is 11.1 Å². The predicted molar refractivity (Wildman–Crippen MR) is 120 cm³/mol. The fourth-order valence-corrected chi connectivity index (χ4v) is 3.11. The first-order valence-electron chi connectivity index (χ1n) is 8.44. The van der Waals surface area contributed by atoms with E-state index in [1.54, 1.807) is 6.20 Å². The van der Waals surface area contributed by atoms with E-state index in [0.29, 0.717) is 17.1 Å². The largest absolute Gasteiger partial charge is 0.322 e. The summed E-state index contributed by atoms with van der Waals surface area (Å²) in [6.45, 7) is 4.84. The van der Waals surface area contributed by atoms with Gasteiger partial charge in [0.1, 0.15) is 0 Å². The monoisotopic (exact) mass is 436 g/mol. The van der Waals surface area contributed by atoms with Crippen molar-refractivity contribution in [1.82, 2.24) is 10.3 Å². The number of benzene rings is 2. The fourth-order valence-electron chi connectivity index (χ4n) is 2.94. The lowest BCUT2D eigenvalue weighted by Crippen LogP contribution is -2.48. The Balaban J connectivity index is 0.00000196. The summed E-state index contributed by atoms with van der Waals surface area (Å²) < 4.78 is 0. The molecule has 1 atom stereocenters. The Bertz CT molecular complexity index is 966. The highest BCUT2D eigenvalue weighted by Gasteiger charge is 2.28. The van der Waals surface area contributed by atoms with E-state index in [1.165, 1.54) is 0 Å². The number of hydrogen-bond acceptors (Lipinski definition) is 4. The molecular weight excluding hydrogens is 415 g/mol. The van der Waals surface area contributed by atoms with Crippen LogP contribution in [0.25, 0.3) is 10.9 Å². The molecule has 1 unspecified atom stereocenters. The van der Waals surface area contributed by atoms with Crippen LogP contribution in [-0.2, 0) is 6.54 Å². The molecule has 3 N–H and O–H groups in total. The van der Waals surface area contributed by atoms with Gasteiger partial charge in [0.15, 0.2) is 0 Å². The van der Waals surface area contributed by atoms with Crippen LogP contribution in [0, 0.1) is 11.3 Å². The second-order valence-electron chi connectivity index (χ2n) is 6.92. The quantitative estimate of drug-likeness (QED) is 0.577. The number of rotatable bonds is 5. The van der Waals surface area contributed by atoms with Gasteiger partial charge in [-0.3, -0.25) is 4.98 Å². The highest BCUT2D eigenvalue weighted by atomic mass is 35.5. The Kier molecular flexibility index (Phi) is 8.69. The predicted octanol–water partition coefficient (Wildman–Crippen LogP) is 5.17. The van der Waals surface area contributed by atoms with E-state index in [9.17, 15) is 0 Å². The second kappa shape index (κ2) is 10.1. The van der Waals surface area contributed by atoms with Crippen LogP contribution in [0.4, 0.5) is 0 Å². The molecule has 0 fully saturated rings. The van der Waals surface area contributed by atoms with Crippen molar-refractivity contribution in [2.75, 3.05) is 0 Å². The maximum Gasteiger partial charge on any atom is 0.0991 e. The maximum atomic E-state index is 8.89. The molecule has 0 saturated carbocycles. The Hall–Kier alpha value is -1.87. The third kappa shape index (κ3) is 5.35. The summed E-state index contributed by atoms with van der Waals surface area (Å²) in [7, 11) is 0. The Morgan fingerprint density at radius 3 is 2.46 bits per heavy atom. The third-order valence-corrected chi connectivity index (χ3v) is 4.92. The minimum Gasteiger partial charge on any atom is -0.322 e. The zero-order valence-electron chi connectivity index (χ0n) is 15.6. The van der Waals surface area contributed by atoms with Crippen molar-refractivity contribution < 1.29 is 0 Å². The van der Waals surface area contributed by atoms with Gasteiger partial charge in [-0.25, -0.2) is 0 Å². The molecule has 4 nitrogen and oxygen atoms in total. The normalized spacial score (nSPS) is 11.8. The number of fused-ring (bicyclic) bond motifs is 1. The zero-order valence-corrected chi connectivity index (χ0v) is 18.0. The number of halogens is 3. The molecule has 0 aliphatic heterocycles. The van der Waals surface area contributed by atoms with E-state index >= 15 is 0 Å². The first kappa shape index (κ1) is 24.2. The van der Waals surface area contributed by atoms with E-state index in [0.717, 1.165) is 22.0 Å². The van der Waals surface area contributed by atoms with E-state index in [2.05, 4.69) is 30.2 Å². The second-order valence-corrected chi connectivity index (χ2v) is 7.36. The molecule has 0 aliphatic rings. The standard InChI is InChI=1S/C21H21ClN4.2ClH/c1-21(2,26-13-15-5-3-14(12-23)4-6-15)20(24)18-9-10-25-19-11-16(22)7-8-17(18)19;;/h3-11,20,26H,13,24H2,1-2H3;2*1H. The highest BCUT2D eigenvalue weighted by Crippen LogP contribution is 2.30. The molecular formula is C21H23Cl3N4. The molecule has 0 bridgehead atoms. The van der Waals surface area contributed by atoms with E-state index in [1.807, 2.05) is 48.5 Å². The maximum absolute atomic E-state index is 8.89. The summed E-state index contributed by atoms with van der Waals surface area (Å²) in [4.78, 5) is 4.39. The van der Waals surface area contributed by atoms with Crippen molar-refractivity contribution in [1.29, 1.82) is 5.26 Å². The van der Waals surface area contributed by atoms with Gasteiger partial charge < -0.3 is 11.1 Å². The van der Waals surface area contributed by atoms with Crippen LogP contribution in [-0.4, -0.2) is 10.5 Å². The smallest absolute Gasteiger partial charge is 0.0991 e. The Morgan fingerprint density at radius 1 is 1.14 bits per heavy atom. The van der Waals surface area contributed by atoms with Crippen molar-refractivity contribution in [2.24, 2.45) is 5.73 Å². The van der Waals surface area contributed by atoms with E-state index in [4.69, 9.17) is 22.6 Å². The first-order chi connectivity index (χ1) is 12.4. The van der Waals surface area contributed by atoms with Crippen LogP contribution in [0.2, 0.25) is 5.02 Å². The van der Waals surface area contributed by atoms with Crippen LogP contribution in [0.5, 0.6) is 0 Å². The van der Waals surface area contributed by atoms with Gasteiger partial charge in [-0.05, 0) is 55.3 Å². The van der Waals surface area contributed by atoms with Gasteiger partial charge in [-0.15, -0.1) is 24.8 Å². The molecule has 7 heteroatoms. The van der Waals surface area contributed by atoms with Gasteiger partial charge in [0, 0.05) is 34.7 Å². The molecule has 3 rings (SSSR count). The van der Waals surface area contributed by atoms with Crippen LogP contribution >= 0.6 is 36.4 Å². The van der Waals surface area contributed by atoms with E-state index < -0.39 is 0 Å². The van der Waals surface area contributed by atoms with Crippen LogP contribution in [0.15, 0.2) is 54.7 Å². The minimum absolute atomic E-state index is 0. The molecule has 1 heterocycles. The van der Waals surface area contributed by atoms with Crippen molar-refractivity contribution in [2.45, 2.75) is 32.0 Å². The number of aromatic nitrogens is 1. The van der Waals surface area contributed by atoms with Crippen molar-refractivity contribution in [3.8, 4) is 6.07 Å². The van der Waals surface area contributed by atoms with Gasteiger partial charge in [0.25, 0.3) is 0 Å². The molecule has 28 heavy (non-hydrogen) atoms. The summed E-state index contributed by atoms with van der Waals surface area (Å²) in [5.74, 6) is 0. The van der Waals surface area contributed by atoms with Crippen LogP contribution in [0.3, 0.4) is 0 Å². The first-order valence-corrected chi connectivity index (χ1v) is 8.82. The van der Waals surface area contributed by atoms with Crippen LogP contribution in [0.1, 0.15) is 36.6 Å². The van der Waals surface area contributed by atoms with Gasteiger partial charge in [0.05, 0.1) is 17.1 Å². The number of nitrogens with one attached hydrogen (secondary N) is 1. The number of nitriles is 1. The molecule has 0 spiro atoms. The van der Waals surface area contributed by atoms with Gasteiger partial charge in [-0.1, -0.05) is 29.8 Å². The topological polar surface area (TPSA) is 74.7 Å². The van der Waals surface area contributed by atoms with Gasteiger partial charge >= 0.3 is 0 Å². The molecule has 1 aromatic heterocycles. The Morgan fingerprint density at radius 2 is 1.82 bits per heavy atom. The molecule has 2 aromatic carbocycles. The molecule has 0 saturated heterocycles. The van der Waals surface area contributed by atoms with Crippen molar-refractivity contribution >= 4 is 47.3 Å². The van der Waals surface area contributed by atoms with Crippen molar-refractivity contribution in [3.05, 3.63) is 76.4 Å². The lowest BCUT2D eigenvalue weighted by molar-refractivity contribution is 0.322. The highest BCUT2D eigenvalue weighted by molar-refractivity contribution is 6.31. The van der Waals surface area contributed by atoms with Gasteiger partial charge in [-0.2, -0.15) is 5.26 Å². The number of pyridine rings is 1.